The molecule has 0 saturated heterocycles. The van der Waals surface area contributed by atoms with Crippen LogP contribution in [0, 0.1) is 11.7 Å². The van der Waals surface area contributed by atoms with Crippen LogP contribution in [0.5, 0.6) is 5.75 Å². The molecule has 4 nitrogen and oxygen atoms in total. The van der Waals surface area contributed by atoms with E-state index in [1.165, 1.54) is 13.2 Å². The van der Waals surface area contributed by atoms with Crippen molar-refractivity contribution in [3.8, 4) is 5.75 Å². The van der Waals surface area contributed by atoms with Gasteiger partial charge in [0.2, 0.25) is 0 Å². The summed E-state index contributed by atoms with van der Waals surface area (Å²) in [4.78, 5) is 11.6. The highest BCUT2D eigenvalue weighted by Gasteiger charge is 2.16. The number of hydrogen-bond acceptors (Lipinski definition) is 4. The fraction of sp³-hybridized carbons (Fsp3) is 0.562. The molecule has 1 aromatic rings. The smallest absolute Gasteiger partial charge is 0.340 e. The summed E-state index contributed by atoms with van der Waals surface area (Å²) < 4.78 is 24.0. The minimum absolute atomic E-state index is 0.0412. The Kier molecular flexibility index (Phi) is 6.99. The van der Waals surface area contributed by atoms with Crippen molar-refractivity contribution >= 4 is 11.7 Å². The number of esters is 1. The first-order valence-electron chi connectivity index (χ1n) is 7.33. The van der Waals surface area contributed by atoms with Gasteiger partial charge in [-0.2, -0.15) is 0 Å². The molecule has 0 heterocycles. The number of rotatable bonds is 8. The highest BCUT2D eigenvalue weighted by Crippen LogP contribution is 2.26. The van der Waals surface area contributed by atoms with Crippen LogP contribution in [0.1, 0.15) is 49.9 Å². The molecule has 1 rings (SSSR count). The molecule has 0 saturated carbocycles. The number of nitrogens with two attached hydrogens (primary N) is 1. The van der Waals surface area contributed by atoms with Crippen LogP contribution in [-0.2, 0) is 4.74 Å². The first kappa shape index (κ1) is 17.3. The SMILES string of the molecule is CCCCC(CC)COc1cc(C(=O)OC)c(N)cc1F. The summed E-state index contributed by atoms with van der Waals surface area (Å²) in [6.45, 7) is 4.65. The third-order valence-corrected chi connectivity index (χ3v) is 3.53. The number of hydrogen-bond donors (Lipinski definition) is 1. The van der Waals surface area contributed by atoms with Gasteiger partial charge < -0.3 is 15.2 Å². The number of benzene rings is 1. The Balaban J connectivity index is 2.80. The molecule has 2 N–H and O–H groups in total. The van der Waals surface area contributed by atoms with Crippen molar-refractivity contribution < 1.29 is 18.7 Å². The van der Waals surface area contributed by atoms with Crippen molar-refractivity contribution in [3.05, 3.63) is 23.5 Å². The third kappa shape index (κ3) is 4.92. The first-order valence-corrected chi connectivity index (χ1v) is 7.33. The second-order valence-corrected chi connectivity index (χ2v) is 5.09. The lowest BCUT2D eigenvalue weighted by atomic mass is 10.0. The molecule has 5 heteroatoms. The Morgan fingerprint density at radius 2 is 2.10 bits per heavy atom. The van der Waals surface area contributed by atoms with E-state index in [4.69, 9.17) is 10.5 Å². The molecule has 0 aliphatic rings. The molecule has 0 amide bonds. The van der Waals surface area contributed by atoms with Crippen molar-refractivity contribution in [3.63, 3.8) is 0 Å². The molecule has 1 unspecified atom stereocenters. The van der Waals surface area contributed by atoms with Crippen LogP contribution in [0.3, 0.4) is 0 Å². The minimum Gasteiger partial charge on any atom is -0.490 e. The molecular weight excluding hydrogens is 273 g/mol. The minimum atomic E-state index is -0.602. The molecule has 0 aromatic heterocycles. The number of nitrogen functional groups attached to an aromatic ring is 1. The van der Waals surface area contributed by atoms with E-state index in [0.29, 0.717) is 12.5 Å². The Bertz CT molecular complexity index is 477. The van der Waals surface area contributed by atoms with Gasteiger partial charge in [-0.3, -0.25) is 0 Å². The molecule has 0 fully saturated rings. The maximum absolute atomic E-state index is 13.8. The molecule has 0 aliphatic heterocycles. The van der Waals surface area contributed by atoms with Crippen LogP contribution in [0.2, 0.25) is 0 Å². The van der Waals surface area contributed by atoms with Gasteiger partial charge in [-0.05, 0) is 18.4 Å². The predicted octanol–water partition coefficient (Wildman–Crippen LogP) is 3.79. The van der Waals surface area contributed by atoms with E-state index in [-0.39, 0.29) is 17.0 Å². The van der Waals surface area contributed by atoms with E-state index in [9.17, 15) is 9.18 Å². The molecule has 0 spiro atoms. The van der Waals surface area contributed by atoms with Gasteiger partial charge in [0.25, 0.3) is 0 Å². The van der Waals surface area contributed by atoms with Crippen molar-refractivity contribution in [1.29, 1.82) is 0 Å². The summed E-state index contributed by atoms with van der Waals surface area (Å²) in [7, 11) is 1.25. The molecule has 1 atom stereocenters. The predicted molar refractivity (Wildman–Crippen MR) is 81.0 cm³/mol. The third-order valence-electron chi connectivity index (χ3n) is 3.53. The summed E-state index contributed by atoms with van der Waals surface area (Å²) >= 11 is 0. The Labute approximate surface area is 125 Å². The quantitative estimate of drug-likeness (QED) is 0.586. The van der Waals surface area contributed by atoms with Gasteiger partial charge in [0.15, 0.2) is 11.6 Å². The van der Waals surface area contributed by atoms with Crippen molar-refractivity contribution in [2.24, 2.45) is 5.92 Å². The zero-order valence-corrected chi connectivity index (χ0v) is 12.9. The Morgan fingerprint density at radius 3 is 2.67 bits per heavy atom. The summed E-state index contributed by atoms with van der Waals surface area (Å²) in [5, 5.41) is 0. The van der Waals surface area contributed by atoms with Gasteiger partial charge in [-0.1, -0.05) is 33.1 Å². The topological polar surface area (TPSA) is 61.5 Å². The van der Waals surface area contributed by atoms with Crippen LogP contribution >= 0.6 is 0 Å². The molecule has 0 aliphatic carbocycles. The number of ether oxygens (including phenoxy) is 2. The number of carbonyl (C=O) groups excluding carboxylic acids is 1. The van der Waals surface area contributed by atoms with E-state index in [1.54, 1.807) is 0 Å². The molecule has 21 heavy (non-hydrogen) atoms. The van der Waals surface area contributed by atoms with E-state index in [1.807, 2.05) is 0 Å². The summed E-state index contributed by atoms with van der Waals surface area (Å²) in [5.74, 6) is -0.746. The Hall–Kier alpha value is -1.78. The largest absolute Gasteiger partial charge is 0.490 e. The summed E-state index contributed by atoms with van der Waals surface area (Å²) in [5.41, 5.74) is 5.79. The zero-order chi connectivity index (χ0) is 15.8. The lowest BCUT2D eigenvalue weighted by Crippen LogP contribution is -2.13. The zero-order valence-electron chi connectivity index (χ0n) is 12.9. The summed E-state index contributed by atoms with van der Waals surface area (Å²) in [6, 6.07) is 2.40. The fourth-order valence-electron chi connectivity index (χ4n) is 2.07. The van der Waals surface area contributed by atoms with E-state index >= 15 is 0 Å². The maximum atomic E-state index is 13.8. The lowest BCUT2D eigenvalue weighted by Gasteiger charge is -2.16. The van der Waals surface area contributed by atoms with Crippen LogP contribution in [0.15, 0.2) is 12.1 Å². The average molecular weight is 297 g/mol. The second-order valence-electron chi connectivity index (χ2n) is 5.09. The van der Waals surface area contributed by atoms with Gasteiger partial charge in [-0.25, -0.2) is 9.18 Å². The Morgan fingerprint density at radius 1 is 1.38 bits per heavy atom. The van der Waals surface area contributed by atoms with Gasteiger partial charge >= 0.3 is 5.97 Å². The number of unbranched alkanes of at least 4 members (excludes halogenated alkanes) is 1. The van der Waals surface area contributed by atoms with Gasteiger partial charge in [-0.15, -0.1) is 0 Å². The van der Waals surface area contributed by atoms with Crippen molar-refractivity contribution in [2.45, 2.75) is 39.5 Å². The van der Waals surface area contributed by atoms with Gasteiger partial charge in [0.1, 0.15) is 0 Å². The van der Waals surface area contributed by atoms with Gasteiger partial charge in [0, 0.05) is 11.8 Å². The first-order chi connectivity index (χ1) is 10.0. The maximum Gasteiger partial charge on any atom is 0.340 e. The second kappa shape index (κ2) is 8.49. The molecule has 0 bridgehead atoms. The normalized spacial score (nSPS) is 12.0. The number of carbonyl (C=O) groups is 1. The molecule has 118 valence electrons. The van der Waals surface area contributed by atoms with E-state index in [0.717, 1.165) is 31.7 Å². The lowest BCUT2D eigenvalue weighted by molar-refractivity contribution is 0.0601. The number of halogens is 1. The van der Waals surface area contributed by atoms with Crippen molar-refractivity contribution in [1.82, 2.24) is 0 Å². The molecule has 0 radical (unpaired) electrons. The molecule has 1 aromatic carbocycles. The van der Waals surface area contributed by atoms with Gasteiger partial charge in [0.05, 0.1) is 19.3 Å². The molecular formula is C16H24FNO3. The summed E-state index contributed by atoms with van der Waals surface area (Å²) in [6.07, 6.45) is 4.27. The van der Waals surface area contributed by atoms with Crippen LogP contribution in [-0.4, -0.2) is 19.7 Å². The highest BCUT2D eigenvalue weighted by atomic mass is 19.1. The van der Waals surface area contributed by atoms with Crippen LogP contribution in [0.25, 0.3) is 0 Å². The van der Waals surface area contributed by atoms with Crippen molar-refractivity contribution in [2.75, 3.05) is 19.5 Å². The van der Waals surface area contributed by atoms with E-state index < -0.39 is 11.8 Å². The van der Waals surface area contributed by atoms with E-state index in [2.05, 4.69) is 18.6 Å². The van der Waals surface area contributed by atoms with Crippen LogP contribution < -0.4 is 10.5 Å². The standard InChI is InChI=1S/C16H24FNO3/c1-4-6-7-11(5-2)10-21-15-8-12(16(19)20-3)14(18)9-13(15)17/h8-9,11H,4-7,10,18H2,1-3H3. The highest BCUT2D eigenvalue weighted by molar-refractivity contribution is 5.95. The fourth-order valence-corrected chi connectivity index (χ4v) is 2.07. The average Bonchev–Trinajstić information content (AvgIpc) is 2.48. The van der Waals surface area contributed by atoms with Crippen LogP contribution in [0.4, 0.5) is 10.1 Å². The monoisotopic (exact) mass is 297 g/mol. The number of methoxy groups -OCH3 is 1. The number of anilines is 1.